The third kappa shape index (κ3) is 5.31. The van der Waals surface area contributed by atoms with Gasteiger partial charge in [0.15, 0.2) is 0 Å². The Balaban J connectivity index is 1.32. The average Bonchev–Trinajstić information content (AvgIpc) is 3.74. The molecule has 0 aliphatic carbocycles. The first-order chi connectivity index (χ1) is 22.8. The quantitative estimate of drug-likeness (QED) is 0.332. The highest BCUT2D eigenvalue weighted by Crippen LogP contribution is 2.56. The minimum absolute atomic E-state index is 0.0827. The highest BCUT2D eigenvalue weighted by atomic mass is 16.5. The highest BCUT2D eigenvalue weighted by molar-refractivity contribution is 6.06. The van der Waals surface area contributed by atoms with Crippen LogP contribution in [0.2, 0.25) is 0 Å². The summed E-state index contributed by atoms with van der Waals surface area (Å²) in [6.45, 7) is 1.39. The van der Waals surface area contributed by atoms with E-state index >= 15 is 0 Å². The number of benzene rings is 3. The van der Waals surface area contributed by atoms with E-state index in [1.165, 1.54) is 4.90 Å². The van der Waals surface area contributed by atoms with Crippen molar-refractivity contribution in [3.05, 3.63) is 103 Å². The molecule has 47 heavy (non-hydrogen) atoms. The van der Waals surface area contributed by atoms with Gasteiger partial charge >= 0.3 is 5.97 Å². The molecule has 10 heteroatoms. The standard InChI is InChI=1S/C37H37N3O7/c1-23(21-41)40-33-36(45)39(27-16-15-24-10-7-8-13-26(24)20-27)19-9-3-6-14-30(42)46-22-28(25-11-4-2-5-12-25)38-34(43)31-29-17-18-37(33,47-29)32(31)35(40)44/h2-5,7-13,15-18,20,23,28-29,31-33,41H,6,14,19,21-22H2,1H3,(H,38,43)/b9-3-/t23-,28+,29+,31-,32-,33+,37-/m1/s1. The lowest BCUT2D eigenvalue weighted by atomic mass is 9.74. The smallest absolute Gasteiger partial charge is 0.306 e. The van der Waals surface area contributed by atoms with Gasteiger partial charge in [-0.1, -0.05) is 85.0 Å². The molecule has 4 aliphatic rings. The molecule has 242 valence electrons. The number of anilines is 1. The predicted molar refractivity (Wildman–Crippen MR) is 174 cm³/mol. The van der Waals surface area contributed by atoms with Crippen molar-refractivity contribution in [2.75, 3.05) is 24.7 Å². The van der Waals surface area contributed by atoms with Crippen LogP contribution >= 0.6 is 0 Å². The third-order valence-corrected chi connectivity index (χ3v) is 9.80. The zero-order valence-electron chi connectivity index (χ0n) is 26.0. The fourth-order valence-corrected chi connectivity index (χ4v) is 7.49. The Morgan fingerprint density at radius 1 is 0.957 bits per heavy atom. The summed E-state index contributed by atoms with van der Waals surface area (Å²) < 4.78 is 12.2. The molecule has 3 amide bonds. The Morgan fingerprint density at radius 3 is 2.51 bits per heavy atom. The molecule has 10 nitrogen and oxygen atoms in total. The van der Waals surface area contributed by atoms with Gasteiger partial charge in [0, 0.05) is 18.7 Å². The summed E-state index contributed by atoms with van der Waals surface area (Å²) in [5.41, 5.74) is -0.0459. The topological polar surface area (TPSA) is 125 Å². The Morgan fingerprint density at radius 2 is 1.72 bits per heavy atom. The minimum Gasteiger partial charge on any atom is -0.463 e. The number of likely N-dealkylation sites (tertiary alicyclic amines) is 1. The SMILES string of the molecule is C[C@H](CO)N1C(=O)[C@H]2[C@@H]3C(=O)N[C@H](c4ccccc4)COC(=O)CC/C=C\CN(c4ccc5ccccc5c4)C(=O)[C@H]1[C@@]21C=C[C@@H]3O1. The van der Waals surface area contributed by atoms with Crippen LogP contribution in [-0.4, -0.2) is 77.2 Å². The third-order valence-electron chi connectivity index (χ3n) is 9.80. The van der Waals surface area contributed by atoms with Crippen molar-refractivity contribution < 1.29 is 33.8 Å². The maximum absolute atomic E-state index is 14.9. The number of aliphatic hydroxyl groups excluding tert-OH is 1. The molecule has 7 atom stereocenters. The number of ether oxygens (including phenoxy) is 2. The van der Waals surface area contributed by atoms with Crippen molar-refractivity contribution in [1.82, 2.24) is 10.2 Å². The van der Waals surface area contributed by atoms with Gasteiger partial charge in [0.2, 0.25) is 11.8 Å². The fourth-order valence-electron chi connectivity index (χ4n) is 7.49. The van der Waals surface area contributed by atoms with Gasteiger partial charge < -0.3 is 29.7 Å². The van der Waals surface area contributed by atoms with Gasteiger partial charge in [-0.25, -0.2) is 0 Å². The van der Waals surface area contributed by atoms with E-state index < -0.39 is 65.4 Å². The Labute approximate surface area is 272 Å². The molecule has 1 spiro atoms. The molecule has 5 bridgehead atoms. The molecule has 2 saturated heterocycles. The van der Waals surface area contributed by atoms with Crippen LogP contribution in [-0.2, 0) is 28.7 Å². The lowest BCUT2D eigenvalue weighted by molar-refractivity contribution is -0.146. The van der Waals surface area contributed by atoms with Crippen LogP contribution in [0.15, 0.2) is 97.1 Å². The number of allylic oxidation sites excluding steroid dienone is 1. The predicted octanol–water partition coefficient (Wildman–Crippen LogP) is 3.45. The van der Waals surface area contributed by atoms with Crippen molar-refractivity contribution in [3.63, 3.8) is 0 Å². The van der Waals surface area contributed by atoms with Gasteiger partial charge in [-0.2, -0.15) is 0 Å². The van der Waals surface area contributed by atoms with Crippen LogP contribution in [0.5, 0.6) is 0 Å². The summed E-state index contributed by atoms with van der Waals surface area (Å²) in [4.78, 5) is 59.2. The van der Waals surface area contributed by atoms with E-state index in [4.69, 9.17) is 9.47 Å². The van der Waals surface area contributed by atoms with E-state index in [2.05, 4.69) is 5.32 Å². The molecule has 0 unspecified atom stereocenters. The van der Waals surface area contributed by atoms with Crippen molar-refractivity contribution >= 4 is 40.2 Å². The van der Waals surface area contributed by atoms with E-state index in [-0.39, 0.29) is 26.2 Å². The summed E-state index contributed by atoms with van der Waals surface area (Å²) >= 11 is 0. The molecule has 0 aromatic heterocycles. The first-order valence-electron chi connectivity index (χ1n) is 16.1. The minimum atomic E-state index is -1.41. The number of carbonyl (C=O) groups excluding carboxylic acids is 4. The van der Waals surface area contributed by atoms with Crippen LogP contribution in [0.25, 0.3) is 10.8 Å². The molecule has 3 aromatic carbocycles. The van der Waals surface area contributed by atoms with Gasteiger partial charge in [-0.05, 0) is 41.8 Å². The van der Waals surface area contributed by atoms with Gasteiger partial charge in [-0.15, -0.1) is 0 Å². The molecule has 2 N–H and O–H groups in total. The van der Waals surface area contributed by atoms with Gasteiger partial charge in [0.25, 0.3) is 5.91 Å². The molecule has 3 aromatic rings. The first-order valence-corrected chi connectivity index (χ1v) is 16.1. The maximum Gasteiger partial charge on any atom is 0.306 e. The maximum atomic E-state index is 14.9. The number of fused-ring (bicyclic) bond motifs is 3. The molecule has 4 heterocycles. The number of hydrogen-bond acceptors (Lipinski definition) is 7. The number of esters is 1. The Hall–Kier alpha value is -4.80. The molecular weight excluding hydrogens is 598 g/mol. The van der Waals surface area contributed by atoms with Crippen LogP contribution in [0.3, 0.4) is 0 Å². The molecule has 0 radical (unpaired) electrons. The summed E-state index contributed by atoms with van der Waals surface area (Å²) in [6.07, 6.45) is 6.95. The van der Waals surface area contributed by atoms with Gasteiger partial charge in [0.1, 0.15) is 18.2 Å². The highest BCUT2D eigenvalue weighted by Gasteiger charge is 2.73. The number of aliphatic hydroxyl groups is 1. The molecule has 0 saturated carbocycles. The van der Waals surface area contributed by atoms with E-state index in [9.17, 15) is 24.3 Å². The second-order valence-electron chi connectivity index (χ2n) is 12.6. The molecular formula is C37H37N3O7. The van der Waals surface area contributed by atoms with E-state index in [1.807, 2.05) is 84.9 Å². The van der Waals surface area contributed by atoms with Crippen molar-refractivity contribution in [3.8, 4) is 0 Å². The van der Waals surface area contributed by atoms with E-state index in [0.29, 0.717) is 12.1 Å². The summed E-state index contributed by atoms with van der Waals surface area (Å²) in [6, 6.07) is 20.2. The first kappa shape index (κ1) is 30.8. The second kappa shape index (κ2) is 12.4. The Bertz CT molecular complexity index is 1770. The number of rotatable bonds is 4. The zero-order valence-corrected chi connectivity index (χ0v) is 26.0. The normalized spacial score (nSPS) is 30.7. The number of nitrogens with zero attached hydrogens (tertiary/aromatic N) is 2. The Kier molecular flexibility index (Phi) is 8.15. The van der Waals surface area contributed by atoms with Crippen LogP contribution in [0.4, 0.5) is 5.69 Å². The van der Waals surface area contributed by atoms with Crippen molar-refractivity contribution in [1.29, 1.82) is 0 Å². The number of nitrogens with one attached hydrogen (secondary N) is 1. The van der Waals surface area contributed by atoms with Crippen LogP contribution in [0.1, 0.15) is 31.4 Å². The molecule has 4 aliphatic heterocycles. The second-order valence-corrected chi connectivity index (χ2v) is 12.6. The summed E-state index contributed by atoms with van der Waals surface area (Å²) in [5.74, 6) is -3.60. The van der Waals surface area contributed by atoms with Gasteiger partial charge in [0.05, 0.1) is 36.6 Å². The lowest BCUT2D eigenvalue weighted by Crippen LogP contribution is -2.58. The zero-order chi connectivity index (χ0) is 32.7. The van der Waals surface area contributed by atoms with E-state index in [1.54, 1.807) is 24.0 Å². The molecule has 2 fully saturated rings. The van der Waals surface area contributed by atoms with Crippen molar-refractivity contribution in [2.45, 2.75) is 49.6 Å². The van der Waals surface area contributed by atoms with E-state index in [0.717, 1.165) is 16.3 Å². The van der Waals surface area contributed by atoms with Crippen LogP contribution in [0, 0.1) is 11.8 Å². The summed E-state index contributed by atoms with van der Waals surface area (Å²) in [7, 11) is 0. The summed E-state index contributed by atoms with van der Waals surface area (Å²) in [5, 5.41) is 15.3. The van der Waals surface area contributed by atoms with Crippen LogP contribution < -0.4 is 10.2 Å². The largest absolute Gasteiger partial charge is 0.463 e. The number of hydrogen-bond donors (Lipinski definition) is 2. The fraction of sp³-hybridized carbons (Fsp3) is 0.351. The lowest BCUT2D eigenvalue weighted by Gasteiger charge is -2.37. The monoisotopic (exact) mass is 635 g/mol. The number of amides is 3. The number of cyclic esters (lactones) is 1. The average molecular weight is 636 g/mol. The number of carbonyl (C=O) groups is 4. The van der Waals surface area contributed by atoms with Crippen molar-refractivity contribution in [2.24, 2.45) is 11.8 Å². The van der Waals surface area contributed by atoms with Gasteiger partial charge in [-0.3, -0.25) is 19.2 Å². The molecule has 7 rings (SSSR count).